The molecule has 2 aliphatic heterocycles. The predicted molar refractivity (Wildman–Crippen MR) is 154 cm³/mol. The summed E-state index contributed by atoms with van der Waals surface area (Å²) < 4.78 is 12.2. The average molecular weight is 572 g/mol. The van der Waals surface area contributed by atoms with Gasteiger partial charge in [0, 0.05) is 50.5 Å². The number of nitrogens with one attached hydrogen (secondary N) is 2. The highest BCUT2D eigenvalue weighted by molar-refractivity contribution is 5.89. The third-order valence-electron chi connectivity index (χ3n) is 9.21. The van der Waals surface area contributed by atoms with Crippen molar-refractivity contribution in [3.8, 4) is 11.5 Å². The third-order valence-corrected chi connectivity index (χ3v) is 9.21. The van der Waals surface area contributed by atoms with Gasteiger partial charge in [0.05, 0.1) is 0 Å². The van der Waals surface area contributed by atoms with Crippen LogP contribution < -0.4 is 25.8 Å². The van der Waals surface area contributed by atoms with Gasteiger partial charge >= 0.3 is 6.09 Å². The highest BCUT2D eigenvalue weighted by Crippen LogP contribution is 2.60. The zero-order chi connectivity index (χ0) is 29.9. The van der Waals surface area contributed by atoms with Crippen molar-refractivity contribution >= 4 is 23.7 Å². The lowest BCUT2D eigenvalue weighted by molar-refractivity contribution is -0.137. The Labute approximate surface area is 242 Å². The number of ether oxygens (including phenoxy) is 2. The molecule has 11 heteroatoms. The summed E-state index contributed by atoms with van der Waals surface area (Å²) in [5, 5.41) is 5.46. The van der Waals surface area contributed by atoms with Gasteiger partial charge in [-0.05, 0) is 83.6 Å². The van der Waals surface area contributed by atoms with Crippen molar-refractivity contribution in [3.05, 3.63) is 23.3 Å². The second-order valence-electron chi connectivity index (χ2n) is 11.8. The molecule has 4 rings (SSSR count). The van der Waals surface area contributed by atoms with Gasteiger partial charge in [-0.15, -0.1) is 0 Å². The van der Waals surface area contributed by atoms with Gasteiger partial charge in [0.1, 0.15) is 6.04 Å². The lowest BCUT2D eigenvalue weighted by Gasteiger charge is -2.53. The van der Waals surface area contributed by atoms with Crippen LogP contribution in [-0.4, -0.2) is 92.0 Å². The normalized spacial score (nSPS) is 25.7. The van der Waals surface area contributed by atoms with Gasteiger partial charge in [-0.3, -0.25) is 14.4 Å². The van der Waals surface area contributed by atoms with E-state index in [9.17, 15) is 19.2 Å². The van der Waals surface area contributed by atoms with Crippen molar-refractivity contribution < 1.29 is 28.7 Å². The molecule has 1 aromatic rings. The van der Waals surface area contributed by atoms with E-state index in [1.54, 1.807) is 13.1 Å². The van der Waals surface area contributed by atoms with Crippen LogP contribution in [0.25, 0.3) is 0 Å². The number of ketones is 1. The van der Waals surface area contributed by atoms with Crippen LogP contribution in [0.2, 0.25) is 0 Å². The fraction of sp³-hybridized carbons (Fsp3) is 0.667. The fourth-order valence-electron chi connectivity index (χ4n) is 6.94. The fourth-order valence-corrected chi connectivity index (χ4v) is 6.94. The maximum atomic E-state index is 13.2. The minimum Gasteiger partial charge on any atom is -0.477 e. The summed E-state index contributed by atoms with van der Waals surface area (Å²) in [7, 11) is 3.72. The van der Waals surface area contributed by atoms with Crippen molar-refractivity contribution in [1.29, 1.82) is 0 Å². The Kier molecular flexibility index (Phi) is 9.59. The largest absolute Gasteiger partial charge is 0.477 e. The Bertz CT molecular complexity index is 1170. The van der Waals surface area contributed by atoms with Crippen molar-refractivity contribution in [2.24, 2.45) is 11.7 Å². The first-order valence-electron chi connectivity index (χ1n) is 14.7. The molecule has 2 heterocycles. The number of benzene rings is 1. The lowest BCUT2D eigenvalue weighted by atomic mass is 9.55. The first-order chi connectivity index (χ1) is 19.5. The van der Waals surface area contributed by atoms with E-state index in [4.69, 9.17) is 15.2 Å². The molecule has 11 nitrogen and oxygen atoms in total. The smallest absolute Gasteiger partial charge is 0.415 e. The zero-order valence-corrected chi connectivity index (χ0v) is 25.0. The summed E-state index contributed by atoms with van der Waals surface area (Å²) in [6, 6.07) is 3.31. The van der Waals surface area contributed by atoms with Crippen molar-refractivity contribution in [2.45, 2.75) is 82.9 Å². The standard InChI is InChI=1S/C30H45N5O6/c1-18-9-12-24(26-25(18)30-13-16-34(4)19(2)21(30)10-11-23(37)27(30)41-26)40-29(39)35(5)17-15-32-28(38)22(33-20(3)36)8-6-7-14-31/h9,12,19,21-22,27H,6-8,10-11,13-17,31H2,1-5H3,(H,32,38)(H,33,36)/t19-,21?,22-,27+,30+/m0/s1. The number of nitrogens with two attached hydrogens (primary N) is 1. The number of carbonyl (C=O) groups is 4. The number of amides is 3. The van der Waals surface area contributed by atoms with E-state index in [1.807, 2.05) is 13.0 Å². The Morgan fingerprint density at radius 1 is 1.29 bits per heavy atom. The maximum absolute atomic E-state index is 13.2. The molecule has 1 saturated carbocycles. The molecule has 0 bridgehead atoms. The van der Waals surface area contributed by atoms with Crippen molar-refractivity contribution in [3.63, 3.8) is 0 Å². The van der Waals surface area contributed by atoms with Crippen LogP contribution in [0, 0.1) is 12.8 Å². The number of hydrogen-bond donors (Lipinski definition) is 3. The van der Waals surface area contributed by atoms with Crippen LogP contribution >= 0.6 is 0 Å². The molecule has 1 unspecified atom stereocenters. The van der Waals surface area contributed by atoms with Gasteiger partial charge in [-0.1, -0.05) is 6.07 Å². The summed E-state index contributed by atoms with van der Waals surface area (Å²) in [5.41, 5.74) is 7.15. The van der Waals surface area contributed by atoms with Gasteiger partial charge < -0.3 is 35.6 Å². The summed E-state index contributed by atoms with van der Waals surface area (Å²) in [6.45, 7) is 7.39. The average Bonchev–Trinajstić information content (AvgIpc) is 3.29. The quantitative estimate of drug-likeness (QED) is 0.361. The van der Waals surface area contributed by atoms with E-state index in [0.717, 1.165) is 36.9 Å². The number of piperidine rings is 1. The van der Waals surface area contributed by atoms with E-state index < -0.39 is 23.7 Å². The Morgan fingerprint density at radius 3 is 2.76 bits per heavy atom. The number of likely N-dealkylation sites (tertiary alicyclic amines) is 1. The van der Waals surface area contributed by atoms with E-state index in [2.05, 4.69) is 29.5 Å². The number of fused-ring (bicyclic) bond motifs is 1. The number of rotatable bonds is 10. The second-order valence-corrected chi connectivity index (χ2v) is 11.8. The summed E-state index contributed by atoms with van der Waals surface area (Å²) in [4.78, 5) is 54.1. The third kappa shape index (κ3) is 6.06. The maximum Gasteiger partial charge on any atom is 0.415 e. The molecule has 0 radical (unpaired) electrons. The van der Waals surface area contributed by atoms with Crippen LogP contribution in [0.5, 0.6) is 11.5 Å². The summed E-state index contributed by atoms with van der Waals surface area (Å²) >= 11 is 0. The summed E-state index contributed by atoms with van der Waals surface area (Å²) in [6.07, 6.45) is 2.91. The molecule has 226 valence electrons. The number of carbonyl (C=O) groups excluding carboxylic acids is 4. The Balaban J connectivity index is 1.43. The van der Waals surface area contributed by atoms with Crippen molar-refractivity contribution in [2.75, 3.05) is 40.3 Å². The van der Waals surface area contributed by atoms with Crippen LogP contribution in [-0.2, 0) is 19.8 Å². The molecule has 1 saturated heterocycles. The molecule has 0 aromatic heterocycles. The molecule has 1 aromatic carbocycles. The van der Waals surface area contributed by atoms with Gasteiger partial charge in [0.15, 0.2) is 23.4 Å². The summed E-state index contributed by atoms with van der Waals surface area (Å²) in [5.74, 6) is 0.583. The van der Waals surface area contributed by atoms with E-state index >= 15 is 0 Å². The van der Waals surface area contributed by atoms with Crippen LogP contribution in [0.1, 0.15) is 63.5 Å². The molecule has 2 fully saturated rings. The van der Waals surface area contributed by atoms with Gasteiger partial charge in [0.2, 0.25) is 11.8 Å². The number of nitrogens with zero attached hydrogens (tertiary/aromatic N) is 2. The van der Waals surface area contributed by atoms with E-state index in [0.29, 0.717) is 43.3 Å². The number of aryl methyl sites for hydroxylation is 1. The van der Waals surface area contributed by atoms with Crippen LogP contribution in [0.15, 0.2) is 12.1 Å². The molecule has 3 amide bonds. The van der Waals surface area contributed by atoms with E-state index in [-0.39, 0.29) is 36.6 Å². The number of hydrogen-bond acceptors (Lipinski definition) is 8. The minimum atomic E-state index is -0.652. The molecular formula is C30H45N5O6. The molecular weight excluding hydrogens is 526 g/mol. The highest BCUT2D eigenvalue weighted by atomic mass is 16.6. The second kappa shape index (κ2) is 12.8. The monoisotopic (exact) mass is 571 g/mol. The van der Waals surface area contributed by atoms with Gasteiger partial charge in [-0.25, -0.2) is 4.79 Å². The minimum absolute atomic E-state index is 0.110. The van der Waals surface area contributed by atoms with Crippen LogP contribution in [0.3, 0.4) is 0 Å². The zero-order valence-electron chi connectivity index (χ0n) is 25.0. The first-order valence-corrected chi connectivity index (χ1v) is 14.7. The topological polar surface area (TPSA) is 143 Å². The predicted octanol–water partition coefficient (Wildman–Crippen LogP) is 1.88. The highest BCUT2D eigenvalue weighted by Gasteiger charge is 2.62. The molecule has 5 atom stereocenters. The Morgan fingerprint density at radius 2 is 2.05 bits per heavy atom. The number of unbranched alkanes of at least 4 members (excludes halogenated alkanes) is 1. The van der Waals surface area contributed by atoms with Gasteiger partial charge in [0.25, 0.3) is 0 Å². The van der Waals surface area contributed by atoms with Gasteiger partial charge in [-0.2, -0.15) is 0 Å². The van der Waals surface area contributed by atoms with E-state index in [1.165, 1.54) is 11.8 Å². The number of likely N-dealkylation sites (N-methyl/N-ethyl adjacent to an activating group) is 1. The van der Waals surface area contributed by atoms with Crippen LogP contribution in [0.4, 0.5) is 4.79 Å². The Hall–Kier alpha value is -3.18. The molecule has 3 aliphatic rings. The molecule has 4 N–H and O–H groups in total. The first kappa shape index (κ1) is 30.8. The number of Topliss-reactive ketones (excluding diaryl/α,β-unsaturated/α-hetero) is 1. The molecule has 41 heavy (non-hydrogen) atoms. The molecule has 1 spiro atoms. The lowest BCUT2D eigenvalue weighted by Crippen LogP contribution is -2.62. The van der Waals surface area contributed by atoms with Crippen molar-refractivity contribution in [1.82, 2.24) is 20.4 Å². The molecule has 1 aliphatic carbocycles. The SMILES string of the molecule is CC(=O)N[C@@H](CCCCN)C(=O)NCCN(C)C(=O)Oc1ccc(C)c2c1O[C@@H]1C(=O)CCC3[C@H](C)N(C)CC[C@]231.